The average Bonchev–Trinajstić information content (AvgIpc) is 2.56. The van der Waals surface area contributed by atoms with Gasteiger partial charge in [0.05, 0.1) is 19.7 Å². The van der Waals surface area contributed by atoms with E-state index in [1.807, 2.05) is 31.2 Å². The Hall–Kier alpha value is -1.51. The third kappa shape index (κ3) is 10.2. The van der Waals surface area contributed by atoms with Gasteiger partial charge < -0.3 is 20.3 Å². The second-order valence-corrected chi connectivity index (χ2v) is 6.19. The molecule has 1 aromatic carbocycles. The maximum absolute atomic E-state index is 11.6. The number of amides is 1. The first-order valence-corrected chi connectivity index (χ1v) is 8.36. The van der Waals surface area contributed by atoms with E-state index < -0.39 is 0 Å². The van der Waals surface area contributed by atoms with Gasteiger partial charge in [0.25, 0.3) is 0 Å². The van der Waals surface area contributed by atoms with E-state index >= 15 is 0 Å². The molecule has 142 valence electrons. The molecule has 2 N–H and O–H groups in total. The van der Waals surface area contributed by atoms with Crippen molar-refractivity contribution >= 4 is 35.8 Å². The molecule has 0 unspecified atom stereocenters. The van der Waals surface area contributed by atoms with E-state index in [2.05, 4.69) is 29.5 Å². The van der Waals surface area contributed by atoms with Crippen molar-refractivity contribution in [3.8, 4) is 5.75 Å². The number of ether oxygens (including phenoxy) is 1. The molecule has 1 amide bonds. The van der Waals surface area contributed by atoms with Gasteiger partial charge in [0.15, 0.2) is 5.96 Å². The van der Waals surface area contributed by atoms with E-state index in [1.165, 1.54) is 0 Å². The first-order chi connectivity index (χ1) is 11.4. The Morgan fingerprint density at radius 2 is 1.84 bits per heavy atom. The van der Waals surface area contributed by atoms with E-state index in [4.69, 9.17) is 4.74 Å². The van der Waals surface area contributed by atoms with Gasteiger partial charge in [0.1, 0.15) is 5.75 Å². The van der Waals surface area contributed by atoms with Crippen LogP contribution in [0.25, 0.3) is 0 Å². The molecule has 0 aliphatic rings. The highest BCUT2D eigenvalue weighted by Crippen LogP contribution is 2.13. The number of guanidine groups is 1. The molecule has 0 saturated heterocycles. The van der Waals surface area contributed by atoms with Crippen LogP contribution in [0.15, 0.2) is 29.3 Å². The number of aliphatic imine (C=N–C) groups is 1. The molecule has 0 heterocycles. The van der Waals surface area contributed by atoms with Gasteiger partial charge in [-0.05, 0) is 30.5 Å². The van der Waals surface area contributed by atoms with Crippen LogP contribution in [0.5, 0.6) is 5.75 Å². The number of rotatable bonds is 8. The summed E-state index contributed by atoms with van der Waals surface area (Å²) in [5, 5.41) is 6.17. The molecule has 6 nitrogen and oxygen atoms in total. The number of carbonyl (C=O) groups excluding carboxylic acids is 1. The fourth-order valence-corrected chi connectivity index (χ4v) is 1.78. The van der Waals surface area contributed by atoms with Crippen LogP contribution in [0, 0.1) is 5.92 Å². The van der Waals surface area contributed by atoms with Crippen molar-refractivity contribution in [1.29, 1.82) is 0 Å². The highest BCUT2D eigenvalue weighted by molar-refractivity contribution is 14.0. The van der Waals surface area contributed by atoms with Gasteiger partial charge in [-0.25, -0.2) is 4.99 Å². The van der Waals surface area contributed by atoms with Gasteiger partial charge in [0.2, 0.25) is 5.91 Å². The van der Waals surface area contributed by atoms with Crippen LogP contribution < -0.4 is 15.4 Å². The first-order valence-electron chi connectivity index (χ1n) is 8.36. The van der Waals surface area contributed by atoms with Crippen molar-refractivity contribution < 1.29 is 9.53 Å². The lowest BCUT2D eigenvalue weighted by molar-refractivity contribution is -0.127. The molecular formula is C18H31IN4O2. The van der Waals surface area contributed by atoms with Crippen LogP contribution in [0.3, 0.4) is 0 Å². The lowest BCUT2D eigenvalue weighted by Gasteiger charge is -2.14. The molecule has 0 bridgehead atoms. The van der Waals surface area contributed by atoms with Gasteiger partial charge in [-0.3, -0.25) is 4.79 Å². The van der Waals surface area contributed by atoms with E-state index in [-0.39, 0.29) is 36.4 Å². The Morgan fingerprint density at radius 3 is 2.36 bits per heavy atom. The van der Waals surface area contributed by atoms with Gasteiger partial charge in [-0.2, -0.15) is 0 Å². The largest absolute Gasteiger partial charge is 0.493 e. The first kappa shape index (κ1) is 23.5. The predicted octanol–water partition coefficient (Wildman–Crippen LogP) is 2.48. The van der Waals surface area contributed by atoms with Gasteiger partial charge in [-0.15, -0.1) is 24.0 Å². The molecular weight excluding hydrogens is 431 g/mol. The summed E-state index contributed by atoms with van der Waals surface area (Å²) in [6.45, 7) is 8.46. The van der Waals surface area contributed by atoms with Crippen molar-refractivity contribution in [2.45, 2.75) is 27.3 Å². The Bertz CT molecular complexity index is 530. The summed E-state index contributed by atoms with van der Waals surface area (Å²) in [5.74, 6) is 2.02. The number of likely N-dealkylation sites (N-methyl/N-ethyl adjacent to an activating group) is 1. The minimum atomic E-state index is 0. The lowest BCUT2D eigenvalue weighted by atomic mass is 10.2. The maximum Gasteiger partial charge on any atom is 0.241 e. The highest BCUT2D eigenvalue weighted by Gasteiger charge is 2.05. The maximum atomic E-state index is 11.6. The molecule has 0 fully saturated rings. The molecule has 1 aromatic rings. The molecule has 0 atom stereocenters. The summed E-state index contributed by atoms with van der Waals surface area (Å²) >= 11 is 0. The molecule has 0 spiro atoms. The summed E-state index contributed by atoms with van der Waals surface area (Å²) in [7, 11) is 3.47. The van der Waals surface area contributed by atoms with E-state index in [0.29, 0.717) is 25.0 Å². The van der Waals surface area contributed by atoms with Gasteiger partial charge >= 0.3 is 0 Å². The molecule has 0 aromatic heterocycles. The monoisotopic (exact) mass is 462 g/mol. The van der Waals surface area contributed by atoms with Crippen LogP contribution in [-0.2, 0) is 11.3 Å². The van der Waals surface area contributed by atoms with Crippen molar-refractivity contribution in [3.05, 3.63) is 29.8 Å². The zero-order valence-electron chi connectivity index (χ0n) is 15.8. The Labute approximate surface area is 168 Å². The van der Waals surface area contributed by atoms with E-state index in [0.717, 1.165) is 17.9 Å². The Balaban J connectivity index is 0.00000576. The summed E-state index contributed by atoms with van der Waals surface area (Å²) in [6.07, 6.45) is 0. The van der Waals surface area contributed by atoms with Gasteiger partial charge in [-0.1, -0.05) is 26.0 Å². The van der Waals surface area contributed by atoms with Crippen LogP contribution in [0.4, 0.5) is 0 Å². The topological polar surface area (TPSA) is 66.0 Å². The minimum absolute atomic E-state index is 0. The van der Waals surface area contributed by atoms with Crippen LogP contribution >= 0.6 is 24.0 Å². The van der Waals surface area contributed by atoms with Crippen LogP contribution in [0.1, 0.15) is 26.3 Å². The molecule has 0 aliphatic heterocycles. The Kier molecular flexibility index (Phi) is 12.0. The Morgan fingerprint density at radius 1 is 1.20 bits per heavy atom. The number of benzene rings is 1. The van der Waals surface area contributed by atoms with Gasteiger partial charge in [0, 0.05) is 20.6 Å². The van der Waals surface area contributed by atoms with E-state index in [9.17, 15) is 4.79 Å². The quantitative estimate of drug-likeness (QED) is 0.354. The SMILES string of the molecule is CCNC(=NCc1ccc(OCC(C)C)cc1)NCC(=O)N(C)C.I. The van der Waals surface area contributed by atoms with Crippen molar-refractivity contribution in [2.75, 3.05) is 33.8 Å². The average molecular weight is 462 g/mol. The predicted molar refractivity (Wildman–Crippen MR) is 114 cm³/mol. The number of hydrogen-bond acceptors (Lipinski definition) is 3. The number of nitrogens with zero attached hydrogens (tertiary/aromatic N) is 2. The van der Waals surface area contributed by atoms with E-state index in [1.54, 1.807) is 19.0 Å². The highest BCUT2D eigenvalue weighted by atomic mass is 127. The smallest absolute Gasteiger partial charge is 0.241 e. The van der Waals surface area contributed by atoms with Crippen molar-refractivity contribution in [1.82, 2.24) is 15.5 Å². The molecule has 0 aliphatic carbocycles. The number of nitrogens with one attached hydrogen (secondary N) is 2. The van der Waals surface area contributed by atoms with Crippen molar-refractivity contribution in [3.63, 3.8) is 0 Å². The van der Waals surface area contributed by atoms with Crippen LogP contribution in [-0.4, -0.2) is 50.6 Å². The summed E-state index contributed by atoms with van der Waals surface area (Å²) in [5.41, 5.74) is 1.09. The van der Waals surface area contributed by atoms with Crippen LogP contribution in [0.2, 0.25) is 0 Å². The third-order valence-corrected chi connectivity index (χ3v) is 3.18. The normalized spacial score (nSPS) is 10.9. The molecule has 7 heteroatoms. The molecule has 0 saturated carbocycles. The number of hydrogen-bond donors (Lipinski definition) is 2. The fraction of sp³-hybridized carbons (Fsp3) is 0.556. The second kappa shape index (κ2) is 12.8. The molecule has 1 rings (SSSR count). The lowest BCUT2D eigenvalue weighted by Crippen LogP contribution is -2.42. The summed E-state index contributed by atoms with van der Waals surface area (Å²) < 4.78 is 5.67. The molecule has 0 radical (unpaired) electrons. The van der Waals surface area contributed by atoms with Crippen molar-refractivity contribution in [2.24, 2.45) is 10.9 Å². The fourth-order valence-electron chi connectivity index (χ4n) is 1.78. The number of halogens is 1. The summed E-state index contributed by atoms with van der Waals surface area (Å²) in [4.78, 5) is 17.7. The second-order valence-electron chi connectivity index (χ2n) is 6.19. The zero-order valence-corrected chi connectivity index (χ0v) is 18.2. The third-order valence-electron chi connectivity index (χ3n) is 3.18. The minimum Gasteiger partial charge on any atom is -0.493 e. The standard InChI is InChI=1S/C18H30N4O2.HI/c1-6-19-18(21-12-17(23)22(4)5)20-11-15-7-9-16(10-8-15)24-13-14(2)3;/h7-10,14H,6,11-13H2,1-5H3,(H2,19,20,21);1H. The summed E-state index contributed by atoms with van der Waals surface area (Å²) in [6, 6.07) is 7.94. The molecule has 25 heavy (non-hydrogen) atoms. The zero-order chi connectivity index (χ0) is 17.9. The number of carbonyl (C=O) groups is 1.